The van der Waals surface area contributed by atoms with Crippen LogP contribution in [0.25, 0.3) is 0 Å². The number of aliphatic hydroxyl groups excluding tert-OH is 1. The molecule has 1 unspecified atom stereocenters. The van der Waals surface area contributed by atoms with Crippen LogP contribution < -0.4 is 4.90 Å². The first-order valence-electron chi connectivity index (χ1n) is 14.0. The Morgan fingerprint density at radius 2 is 1.92 bits per heavy atom. The molecule has 0 aliphatic carbocycles. The molecule has 9 heteroatoms. The number of β-lactam (4-membered cyclic amide) rings is 1. The predicted molar refractivity (Wildman–Crippen MR) is 152 cm³/mol. The number of benzene rings is 2. The van der Waals surface area contributed by atoms with Gasteiger partial charge in [0, 0.05) is 36.9 Å². The smallest absolute Gasteiger partial charge is 0.246 e. The molecule has 2 aliphatic heterocycles. The molecule has 3 aromatic rings. The maximum absolute atomic E-state index is 15.6. The molecule has 1 amide bonds. The Balaban J connectivity index is 1.22. The van der Waals surface area contributed by atoms with Gasteiger partial charge in [-0.25, -0.2) is 0 Å². The lowest BCUT2D eigenvalue weighted by molar-refractivity contribution is -0.122. The molecule has 0 spiro atoms. The molecule has 0 saturated carbocycles. The molecular weight excluding hydrogens is 511 g/mol. The summed E-state index contributed by atoms with van der Waals surface area (Å²) in [6.45, 7) is 7.04. The van der Waals surface area contributed by atoms with Gasteiger partial charge in [0.1, 0.15) is 0 Å². The monoisotopic (exact) mass is 550 g/mol. The lowest BCUT2D eigenvalue weighted by atomic mass is 9.95. The summed E-state index contributed by atoms with van der Waals surface area (Å²) in [5, 5.41) is 18.6. The zero-order valence-electron chi connectivity index (χ0n) is 23.0. The Morgan fingerprint density at radius 1 is 1.13 bits per heavy atom. The molecule has 5 atom stereocenters. The maximum atomic E-state index is 15.6. The van der Waals surface area contributed by atoms with E-state index in [0.717, 1.165) is 36.3 Å². The number of ether oxygens (including phenoxy) is 1. The summed E-state index contributed by atoms with van der Waals surface area (Å²) >= 11 is 0. The fraction of sp³-hybridized carbons (Fsp3) is 0.500. The highest BCUT2D eigenvalue weighted by molar-refractivity contribution is 6.72. The van der Waals surface area contributed by atoms with E-state index in [-0.39, 0.29) is 42.1 Å². The molecule has 2 aromatic carbocycles. The second-order valence-electron chi connectivity index (χ2n) is 11.5. The fourth-order valence-electron chi connectivity index (χ4n) is 6.32. The van der Waals surface area contributed by atoms with Gasteiger partial charge in [-0.1, -0.05) is 54.6 Å². The number of carbonyl (C=O) groups excluding carboxylic acids is 1. The van der Waals surface area contributed by atoms with E-state index in [1.807, 2.05) is 53.6 Å². The van der Waals surface area contributed by atoms with Crippen molar-refractivity contribution in [2.45, 2.75) is 75.9 Å². The second-order valence-corrected chi connectivity index (χ2v) is 15.3. The van der Waals surface area contributed by atoms with Crippen LogP contribution >= 0.6 is 0 Å². The Kier molecular flexibility index (Phi) is 8.30. The van der Waals surface area contributed by atoms with Crippen molar-refractivity contribution in [2.75, 3.05) is 18.1 Å². The van der Waals surface area contributed by atoms with Crippen molar-refractivity contribution in [3.05, 3.63) is 77.6 Å². The van der Waals surface area contributed by atoms with Gasteiger partial charge in [0.2, 0.25) is 14.3 Å². The molecule has 1 N–H and O–H groups in total. The third kappa shape index (κ3) is 6.15. The highest BCUT2D eigenvalue weighted by Gasteiger charge is 2.50. The van der Waals surface area contributed by atoms with Crippen LogP contribution in [0.1, 0.15) is 48.9 Å². The Labute approximate surface area is 231 Å². The molecule has 2 saturated heterocycles. The zero-order valence-corrected chi connectivity index (χ0v) is 24.0. The van der Waals surface area contributed by atoms with Gasteiger partial charge in [-0.2, -0.15) is 0 Å². The molecule has 0 radical (unpaired) electrons. The first kappa shape index (κ1) is 27.7. The van der Waals surface area contributed by atoms with E-state index in [2.05, 4.69) is 29.4 Å². The number of carbonyl (C=O) groups is 1. The molecule has 2 fully saturated rings. The van der Waals surface area contributed by atoms with Gasteiger partial charge in [-0.15, -0.1) is 5.10 Å². The summed E-state index contributed by atoms with van der Waals surface area (Å²) in [4.78, 5) is 13.7. The van der Waals surface area contributed by atoms with Crippen molar-refractivity contribution in [1.82, 2.24) is 15.0 Å². The summed E-state index contributed by atoms with van der Waals surface area (Å²) in [6, 6.07) is 18.0. The predicted octanol–water partition coefficient (Wildman–Crippen LogP) is 5.11. The molecule has 39 heavy (non-hydrogen) atoms. The van der Waals surface area contributed by atoms with E-state index in [0.29, 0.717) is 19.4 Å². The van der Waals surface area contributed by atoms with Crippen molar-refractivity contribution in [3.8, 4) is 0 Å². The molecule has 208 valence electrons. The Morgan fingerprint density at radius 3 is 2.59 bits per heavy atom. The van der Waals surface area contributed by atoms with E-state index in [9.17, 15) is 9.90 Å². The topological polar surface area (TPSA) is 80.5 Å². The number of aryl methyl sites for hydroxylation is 2. The molecule has 2 aliphatic rings. The van der Waals surface area contributed by atoms with Crippen molar-refractivity contribution in [3.63, 3.8) is 0 Å². The minimum absolute atomic E-state index is 0.0139. The number of halogens is 1. The van der Waals surface area contributed by atoms with Crippen LogP contribution in [0.15, 0.2) is 60.8 Å². The van der Waals surface area contributed by atoms with Crippen molar-refractivity contribution >= 4 is 20.0 Å². The van der Waals surface area contributed by atoms with E-state index < -0.39 is 8.41 Å². The average Bonchev–Trinajstić information content (AvgIpc) is 3.50. The number of hydrogen-bond donors (Lipinski definition) is 1. The summed E-state index contributed by atoms with van der Waals surface area (Å²) < 4.78 is 23.9. The Hall–Kier alpha value is -2.88. The van der Waals surface area contributed by atoms with Gasteiger partial charge < -0.3 is 18.9 Å². The number of aliphatic hydroxyl groups is 1. The fourth-order valence-corrected chi connectivity index (χ4v) is 8.92. The summed E-state index contributed by atoms with van der Waals surface area (Å²) in [7, 11) is -2.98. The normalized spacial score (nSPS) is 24.1. The molecular formula is C30H39FN4O3Si. The summed E-state index contributed by atoms with van der Waals surface area (Å²) in [5.74, 6) is 0.0758. The van der Waals surface area contributed by atoms with Crippen LogP contribution in [0, 0.1) is 5.92 Å². The number of hydrogen-bond acceptors (Lipinski definition) is 5. The number of rotatable bonds is 11. The number of nitrogens with zero attached hydrogens (tertiary/aromatic N) is 4. The van der Waals surface area contributed by atoms with Gasteiger partial charge >= 0.3 is 0 Å². The van der Waals surface area contributed by atoms with Crippen LogP contribution in [0.4, 0.5) is 9.80 Å². The Bertz CT molecular complexity index is 1260. The molecule has 1 aromatic heterocycles. The van der Waals surface area contributed by atoms with Gasteiger partial charge in [0.05, 0.1) is 30.4 Å². The van der Waals surface area contributed by atoms with Gasteiger partial charge in [-0.05, 0) is 61.5 Å². The van der Waals surface area contributed by atoms with Crippen molar-refractivity contribution < 1.29 is 18.7 Å². The minimum atomic E-state index is -2.98. The average molecular weight is 551 g/mol. The number of amides is 1. The highest BCUT2D eigenvalue weighted by atomic mass is 28.4. The first-order valence-corrected chi connectivity index (χ1v) is 17.0. The number of anilines is 1. The van der Waals surface area contributed by atoms with Crippen LogP contribution in [-0.2, 0) is 22.5 Å². The van der Waals surface area contributed by atoms with Crippen LogP contribution in [0.3, 0.4) is 0 Å². The second kappa shape index (κ2) is 11.7. The molecule has 7 nitrogen and oxygen atoms in total. The maximum Gasteiger partial charge on any atom is 0.246 e. The minimum Gasteiger partial charge on any atom is -0.395 e. The van der Waals surface area contributed by atoms with Gasteiger partial charge in [0.15, 0.2) is 0 Å². The SMILES string of the molecule is C[C@@H]1[C@@H]([Si](C)(C)F)[C@H](CCn2cc(C(CO)c3ccccc3)nn2)O[C@@H]1CCc1cccc(N2CCC2=O)c1. The zero-order chi connectivity index (χ0) is 27.6. The van der Waals surface area contributed by atoms with Crippen molar-refractivity contribution in [1.29, 1.82) is 0 Å². The third-order valence-corrected chi connectivity index (χ3v) is 10.9. The van der Waals surface area contributed by atoms with Gasteiger partial charge in [0.25, 0.3) is 0 Å². The quantitative estimate of drug-likeness (QED) is 0.204. The van der Waals surface area contributed by atoms with E-state index >= 15 is 4.11 Å². The molecule has 0 bridgehead atoms. The van der Waals surface area contributed by atoms with E-state index in [1.165, 1.54) is 5.56 Å². The van der Waals surface area contributed by atoms with E-state index in [4.69, 9.17) is 4.74 Å². The van der Waals surface area contributed by atoms with Gasteiger partial charge in [-0.3, -0.25) is 9.48 Å². The first-order chi connectivity index (χ1) is 18.7. The van der Waals surface area contributed by atoms with Crippen LogP contribution in [-0.4, -0.2) is 59.8 Å². The standard InChI is InChI=1S/C30H39FN4O3Si/c1-21-27(13-12-22-8-7-11-24(18-22)35-17-15-29(35)37)38-28(30(21)39(2,3)31)14-16-34-19-26(32-33-34)25(20-36)23-9-5-4-6-10-23/h4-11,18-19,21,25,27-28,30,36H,12-17,20H2,1-3H3/t21-,25?,27+,28-,30+/m0/s1. The lowest BCUT2D eigenvalue weighted by Gasteiger charge is -2.31. The largest absolute Gasteiger partial charge is 0.395 e. The highest BCUT2D eigenvalue weighted by Crippen LogP contribution is 2.47. The van der Waals surface area contributed by atoms with E-state index in [1.54, 1.807) is 17.8 Å². The third-order valence-electron chi connectivity index (χ3n) is 8.43. The van der Waals surface area contributed by atoms with Crippen molar-refractivity contribution in [2.24, 2.45) is 5.92 Å². The lowest BCUT2D eigenvalue weighted by Crippen LogP contribution is -2.43. The molecule has 3 heterocycles. The molecule has 5 rings (SSSR count). The van der Waals surface area contributed by atoms with Crippen LogP contribution in [0.5, 0.6) is 0 Å². The number of aromatic nitrogens is 3. The summed E-state index contributed by atoms with van der Waals surface area (Å²) in [5.41, 5.74) is 3.76. The van der Waals surface area contributed by atoms with Crippen LogP contribution in [0.2, 0.25) is 18.6 Å². The summed E-state index contributed by atoms with van der Waals surface area (Å²) in [6.07, 6.45) is 4.63.